The predicted molar refractivity (Wildman–Crippen MR) is 98.7 cm³/mol. The van der Waals surface area contributed by atoms with E-state index in [9.17, 15) is 18.4 Å². The fourth-order valence-electron chi connectivity index (χ4n) is 3.06. The first-order valence-corrected chi connectivity index (χ1v) is 8.71. The van der Waals surface area contributed by atoms with Crippen LogP contribution in [0.2, 0.25) is 0 Å². The Labute approximate surface area is 159 Å². The number of hydrogen-bond acceptors (Lipinski definition) is 4. The third kappa shape index (κ3) is 4.12. The lowest BCUT2D eigenvalue weighted by atomic mass is 10.1. The van der Waals surface area contributed by atoms with Gasteiger partial charge in [-0.2, -0.15) is 0 Å². The Morgan fingerprint density at radius 2 is 2.00 bits per heavy atom. The van der Waals surface area contributed by atoms with Gasteiger partial charge in [0.25, 0.3) is 0 Å². The molecule has 0 bridgehead atoms. The summed E-state index contributed by atoms with van der Waals surface area (Å²) in [7, 11) is 1.48. The van der Waals surface area contributed by atoms with Crippen molar-refractivity contribution in [3.63, 3.8) is 0 Å². The SMILES string of the molecule is COCC(C)N(Cc1cc(F)ccc1F)C(=O)Cn1c(=O)oc2ccccc21. The first-order valence-electron chi connectivity index (χ1n) is 8.71. The summed E-state index contributed by atoms with van der Waals surface area (Å²) >= 11 is 0. The van der Waals surface area contributed by atoms with Crippen molar-refractivity contribution in [1.29, 1.82) is 0 Å². The first-order chi connectivity index (χ1) is 13.4. The molecule has 1 atom stereocenters. The zero-order valence-electron chi connectivity index (χ0n) is 15.5. The number of nitrogens with zero attached hydrogens (tertiary/aromatic N) is 2. The number of benzene rings is 2. The lowest BCUT2D eigenvalue weighted by molar-refractivity contribution is -0.135. The van der Waals surface area contributed by atoms with Gasteiger partial charge in [0.15, 0.2) is 5.58 Å². The molecule has 6 nitrogen and oxygen atoms in total. The highest BCUT2D eigenvalue weighted by Crippen LogP contribution is 2.17. The molecule has 2 aromatic carbocycles. The van der Waals surface area contributed by atoms with Crippen LogP contribution in [0.15, 0.2) is 51.7 Å². The van der Waals surface area contributed by atoms with Gasteiger partial charge < -0.3 is 14.1 Å². The van der Waals surface area contributed by atoms with E-state index in [1.807, 2.05) is 0 Å². The fraction of sp³-hybridized carbons (Fsp3) is 0.300. The molecule has 1 heterocycles. The van der Waals surface area contributed by atoms with Gasteiger partial charge in [-0.25, -0.2) is 13.6 Å². The third-order valence-corrected chi connectivity index (χ3v) is 4.48. The molecule has 0 N–H and O–H groups in total. The normalized spacial score (nSPS) is 12.3. The number of para-hydroxylation sites is 2. The summed E-state index contributed by atoms with van der Waals surface area (Å²) in [5.74, 6) is -2.32. The minimum Gasteiger partial charge on any atom is -0.408 e. The molecule has 0 saturated carbocycles. The quantitative estimate of drug-likeness (QED) is 0.622. The van der Waals surface area contributed by atoms with Crippen molar-refractivity contribution in [3.8, 4) is 0 Å². The summed E-state index contributed by atoms with van der Waals surface area (Å²) in [6.45, 7) is 1.48. The van der Waals surface area contributed by atoms with E-state index in [4.69, 9.17) is 9.15 Å². The topological polar surface area (TPSA) is 64.7 Å². The third-order valence-electron chi connectivity index (χ3n) is 4.48. The van der Waals surface area contributed by atoms with Crippen molar-refractivity contribution in [1.82, 2.24) is 9.47 Å². The van der Waals surface area contributed by atoms with Crippen LogP contribution in [0, 0.1) is 11.6 Å². The Morgan fingerprint density at radius 3 is 2.75 bits per heavy atom. The van der Waals surface area contributed by atoms with Gasteiger partial charge in [0.1, 0.15) is 18.2 Å². The fourth-order valence-corrected chi connectivity index (χ4v) is 3.06. The number of oxazole rings is 1. The molecule has 148 valence electrons. The Balaban J connectivity index is 1.91. The Bertz CT molecular complexity index is 1040. The van der Waals surface area contributed by atoms with Crippen LogP contribution in [0.1, 0.15) is 12.5 Å². The molecular weight excluding hydrogens is 370 g/mol. The molecule has 3 aromatic rings. The number of aromatic nitrogens is 1. The minimum absolute atomic E-state index is 0.0423. The van der Waals surface area contributed by atoms with E-state index in [1.54, 1.807) is 31.2 Å². The maximum atomic E-state index is 14.1. The van der Waals surface area contributed by atoms with Crippen molar-refractivity contribution in [2.75, 3.05) is 13.7 Å². The number of hydrogen-bond donors (Lipinski definition) is 0. The van der Waals surface area contributed by atoms with Crippen LogP contribution in [0.5, 0.6) is 0 Å². The molecule has 0 aliphatic heterocycles. The van der Waals surface area contributed by atoms with Crippen LogP contribution in [-0.4, -0.2) is 35.1 Å². The van der Waals surface area contributed by atoms with Crippen LogP contribution < -0.4 is 5.76 Å². The van der Waals surface area contributed by atoms with Gasteiger partial charge in [-0.05, 0) is 37.3 Å². The molecule has 28 heavy (non-hydrogen) atoms. The molecule has 1 amide bonds. The molecule has 0 saturated heterocycles. The average Bonchev–Trinajstić information content (AvgIpc) is 2.98. The molecule has 0 radical (unpaired) electrons. The van der Waals surface area contributed by atoms with Gasteiger partial charge in [-0.1, -0.05) is 12.1 Å². The Kier molecular flexibility index (Phi) is 5.89. The number of carbonyl (C=O) groups excluding carboxylic acids is 1. The van der Waals surface area contributed by atoms with Crippen LogP contribution in [0.25, 0.3) is 11.1 Å². The van der Waals surface area contributed by atoms with Crippen molar-refractivity contribution in [2.24, 2.45) is 0 Å². The number of carbonyl (C=O) groups is 1. The molecule has 0 aliphatic rings. The summed E-state index contributed by atoms with van der Waals surface area (Å²) in [4.78, 5) is 26.5. The van der Waals surface area contributed by atoms with Crippen LogP contribution in [0.3, 0.4) is 0 Å². The Hall–Kier alpha value is -3.00. The van der Waals surface area contributed by atoms with E-state index in [0.717, 1.165) is 18.2 Å². The molecule has 0 fully saturated rings. The second-order valence-electron chi connectivity index (χ2n) is 6.48. The predicted octanol–water partition coefficient (Wildman–Crippen LogP) is 2.94. The number of amides is 1. The highest BCUT2D eigenvalue weighted by Gasteiger charge is 2.24. The van der Waals surface area contributed by atoms with E-state index in [-0.39, 0.29) is 25.3 Å². The molecule has 1 aromatic heterocycles. The zero-order chi connectivity index (χ0) is 20.3. The molecule has 8 heteroatoms. The lowest BCUT2D eigenvalue weighted by Crippen LogP contribution is -2.43. The van der Waals surface area contributed by atoms with E-state index >= 15 is 0 Å². The number of rotatable bonds is 7. The van der Waals surface area contributed by atoms with Gasteiger partial charge in [-0.15, -0.1) is 0 Å². The number of halogens is 2. The van der Waals surface area contributed by atoms with Gasteiger partial charge in [0, 0.05) is 19.2 Å². The van der Waals surface area contributed by atoms with Gasteiger partial charge in [0.05, 0.1) is 18.2 Å². The second-order valence-corrected chi connectivity index (χ2v) is 6.48. The van der Waals surface area contributed by atoms with Gasteiger partial charge in [-0.3, -0.25) is 9.36 Å². The summed E-state index contributed by atoms with van der Waals surface area (Å²) in [5, 5.41) is 0. The largest absolute Gasteiger partial charge is 0.420 e. The molecule has 3 rings (SSSR count). The molecule has 1 unspecified atom stereocenters. The summed E-state index contributed by atoms with van der Waals surface area (Å²) in [5.41, 5.74) is 0.894. The van der Waals surface area contributed by atoms with Crippen LogP contribution in [0.4, 0.5) is 8.78 Å². The standard InChI is InChI=1S/C20H20F2N2O4/c1-13(12-27-2)23(10-14-9-15(21)7-8-16(14)22)19(25)11-24-17-5-3-4-6-18(17)28-20(24)26/h3-9,13H,10-12H2,1-2H3. The van der Waals surface area contributed by atoms with E-state index in [2.05, 4.69) is 0 Å². The van der Waals surface area contributed by atoms with E-state index < -0.39 is 29.3 Å². The van der Waals surface area contributed by atoms with Crippen molar-refractivity contribution in [2.45, 2.75) is 26.1 Å². The lowest BCUT2D eigenvalue weighted by Gasteiger charge is -2.29. The molecule has 0 aliphatic carbocycles. The molecular formula is C20H20F2N2O4. The summed E-state index contributed by atoms with van der Waals surface area (Å²) in [6, 6.07) is 9.41. The second kappa shape index (κ2) is 8.35. The minimum atomic E-state index is -0.661. The van der Waals surface area contributed by atoms with Crippen molar-refractivity contribution < 1.29 is 22.7 Å². The van der Waals surface area contributed by atoms with Crippen molar-refractivity contribution in [3.05, 3.63) is 70.2 Å². The van der Waals surface area contributed by atoms with Crippen LogP contribution >= 0.6 is 0 Å². The van der Waals surface area contributed by atoms with Gasteiger partial charge >= 0.3 is 5.76 Å². The maximum Gasteiger partial charge on any atom is 0.420 e. The maximum absolute atomic E-state index is 14.1. The highest BCUT2D eigenvalue weighted by molar-refractivity contribution is 5.79. The van der Waals surface area contributed by atoms with Crippen LogP contribution in [-0.2, 0) is 22.6 Å². The monoisotopic (exact) mass is 390 g/mol. The zero-order valence-corrected chi connectivity index (χ0v) is 15.5. The smallest absolute Gasteiger partial charge is 0.408 e. The van der Waals surface area contributed by atoms with E-state index in [1.165, 1.54) is 16.6 Å². The van der Waals surface area contributed by atoms with Crippen molar-refractivity contribution >= 4 is 17.0 Å². The van der Waals surface area contributed by atoms with Gasteiger partial charge in [0.2, 0.25) is 5.91 Å². The average molecular weight is 390 g/mol. The number of methoxy groups -OCH3 is 1. The molecule has 0 spiro atoms. The number of ether oxygens (including phenoxy) is 1. The Morgan fingerprint density at radius 1 is 1.25 bits per heavy atom. The first kappa shape index (κ1) is 19.8. The summed E-state index contributed by atoms with van der Waals surface area (Å²) in [6.07, 6.45) is 0. The number of fused-ring (bicyclic) bond motifs is 1. The van der Waals surface area contributed by atoms with E-state index in [0.29, 0.717) is 11.1 Å². The summed E-state index contributed by atoms with van der Waals surface area (Å²) < 4.78 is 39.1. The highest BCUT2D eigenvalue weighted by atomic mass is 19.1.